The molecule has 0 aromatic carbocycles. The molecule has 2 aliphatic heterocycles. The highest BCUT2D eigenvalue weighted by Gasteiger charge is 2.29. The number of hydrogen-bond donors (Lipinski definition) is 1. The Kier molecular flexibility index (Phi) is 4.73. The van der Waals surface area contributed by atoms with Crippen LogP contribution in [0.3, 0.4) is 0 Å². The van der Waals surface area contributed by atoms with Crippen molar-refractivity contribution in [3.05, 3.63) is 54.4 Å². The number of rotatable bonds is 4. The standard InChI is InChI=1S/C20H23N7O2/c28-19(16-4-3-13-29-16)23-20-22-18-7-6-15(14-27(18)24-20)25-9-11-26(12-10-25)17-5-1-2-8-21-17/h1-5,8,13,15H,6-7,9-12,14H2,(H,23,24,28). The lowest BCUT2D eigenvalue weighted by Gasteiger charge is -2.40. The molecule has 150 valence electrons. The van der Waals surface area contributed by atoms with Crippen molar-refractivity contribution in [1.29, 1.82) is 0 Å². The van der Waals surface area contributed by atoms with E-state index in [9.17, 15) is 4.79 Å². The largest absolute Gasteiger partial charge is 0.459 e. The number of fused-ring (bicyclic) bond motifs is 1. The molecule has 1 fully saturated rings. The van der Waals surface area contributed by atoms with E-state index in [1.807, 2.05) is 23.0 Å². The normalized spacial score (nSPS) is 19.7. The molecule has 0 aliphatic carbocycles. The quantitative estimate of drug-likeness (QED) is 0.721. The van der Waals surface area contributed by atoms with Crippen molar-refractivity contribution < 1.29 is 9.21 Å². The van der Waals surface area contributed by atoms with E-state index < -0.39 is 0 Å². The van der Waals surface area contributed by atoms with Gasteiger partial charge in [-0.25, -0.2) is 9.67 Å². The van der Waals surface area contributed by atoms with Gasteiger partial charge in [-0.05, 0) is 30.7 Å². The highest BCUT2D eigenvalue weighted by molar-refractivity contribution is 6.01. The van der Waals surface area contributed by atoms with Gasteiger partial charge in [-0.3, -0.25) is 15.0 Å². The van der Waals surface area contributed by atoms with Gasteiger partial charge in [0.05, 0.1) is 12.8 Å². The zero-order valence-electron chi connectivity index (χ0n) is 16.1. The smallest absolute Gasteiger partial charge is 0.293 e. The summed E-state index contributed by atoms with van der Waals surface area (Å²) in [6.45, 7) is 4.76. The summed E-state index contributed by atoms with van der Waals surface area (Å²) in [7, 11) is 0. The third kappa shape index (κ3) is 3.73. The first kappa shape index (κ1) is 17.9. The van der Waals surface area contributed by atoms with E-state index in [1.165, 1.54) is 6.26 Å². The Labute approximate surface area is 168 Å². The lowest BCUT2D eigenvalue weighted by atomic mass is 10.0. The molecule has 1 amide bonds. The van der Waals surface area contributed by atoms with Gasteiger partial charge in [0.15, 0.2) is 5.76 Å². The minimum atomic E-state index is -0.333. The highest BCUT2D eigenvalue weighted by atomic mass is 16.3. The molecule has 3 aromatic rings. The molecular weight excluding hydrogens is 370 g/mol. The molecule has 0 radical (unpaired) electrons. The van der Waals surface area contributed by atoms with Crippen molar-refractivity contribution in [1.82, 2.24) is 24.6 Å². The number of carbonyl (C=O) groups is 1. The second-order valence-electron chi connectivity index (χ2n) is 7.37. The lowest BCUT2D eigenvalue weighted by molar-refractivity contribution is 0.0995. The topological polar surface area (TPSA) is 92.3 Å². The van der Waals surface area contributed by atoms with Gasteiger partial charge in [-0.2, -0.15) is 4.98 Å². The predicted molar refractivity (Wildman–Crippen MR) is 107 cm³/mol. The van der Waals surface area contributed by atoms with Gasteiger partial charge in [0, 0.05) is 44.8 Å². The molecule has 1 unspecified atom stereocenters. The number of anilines is 2. The van der Waals surface area contributed by atoms with Crippen molar-refractivity contribution in [3.8, 4) is 0 Å². The van der Waals surface area contributed by atoms with Gasteiger partial charge in [0.25, 0.3) is 5.91 Å². The monoisotopic (exact) mass is 393 g/mol. The maximum Gasteiger partial charge on any atom is 0.293 e. The van der Waals surface area contributed by atoms with E-state index in [4.69, 9.17) is 4.42 Å². The first-order chi connectivity index (χ1) is 14.3. The number of carbonyl (C=O) groups excluding carboxylic acids is 1. The van der Waals surface area contributed by atoms with Crippen LogP contribution in [0.1, 0.15) is 22.8 Å². The van der Waals surface area contributed by atoms with Crippen molar-refractivity contribution in [2.45, 2.75) is 25.4 Å². The van der Waals surface area contributed by atoms with Gasteiger partial charge in [0.1, 0.15) is 11.6 Å². The van der Waals surface area contributed by atoms with Crippen LogP contribution in [0.25, 0.3) is 0 Å². The molecule has 1 atom stereocenters. The van der Waals surface area contributed by atoms with Gasteiger partial charge >= 0.3 is 0 Å². The minimum Gasteiger partial charge on any atom is -0.459 e. The molecule has 2 aliphatic rings. The Balaban J connectivity index is 1.19. The van der Waals surface area contributed by atoms with Gasteiger partial charge in [0.2, 0.25) is 5.95 Å². The summed E-state index contributed by atoms with van der Waals surface area (Å²) in [5.41, 5.74) is 0. The summed E-state index contributed by atoms with van der Waals surface area (Å²) in [5.74, 6) is 2.22. The Bertz CT molecular complexity index is 962. The number of nitrogens with one attached hydrogen (secondary N) is 1. The molecule has 5 heterocycles. The van der Waals surface area contributed by atoms with Crippen molar-refractivity contribution in [3.63, 3.8) is 0 Å². The molecule has 9 nitrogen and oxygen atoms in total. The molecule has 1 N–H and O–H groups in total. The van der Waals surface area contributed by atoms with E-state index in [0.29, 0.717) is 12.0 Å². The number of aromatic nitrogens is 4. The first-order valence-corrected chi connectivity index (χ1v) is 9.95. The van der Waals surface area contributed by atoms with Crippen LogP contribution in [0, 0.1) is 0 Å². The molecule has 0 saturated carbocycles. The van der Waals surface area contributed by atoms with Crippen LogP contribution in [-0.2, 0) is 13.0 Å². The Hall–Kier alpha value is -3.20. The third-order valence-corrected chi connectivity index (χ3v) is 5.61. The molecule has 0 bridgehead atoms. The number of pyridine rings is 1. The molecule has 5 rings (SSSR count). The summed E-state index contributed by atoms with van der Waals surface area (Å²) in [5, 5.41) is 7.21. The fourth-order valence-electron chi connectivity index (χ4n) is 4.07. The number of piperazine rings is 1. The minimum absolute atomic E-state index is 0.251. The van der Waals surface area contributed by atoms with Crippen molar-refractivity contribution in [2.24, 2.45) is 0 Å². The van der Waals surface area contributed by atoms with Crippen LogP contribution in [0.2, 0.25) is 0 Å². The number of furan rings is 1. The van der Waals surface area contributed by atoms with Crippen molar-refractivity contribution >= 4 is 17.7 Å². The number of aryl methyl sites for hydroxylation is 1. The molecule has 29 heavy (non-hydrogen) atoms. The van der Waals surface area contributed by atoms with E-state index in [1.54, 1.807) is 12.1 Å². The summed E-state index contributed by atoms with van der Waals surface area (Å²) in [6, 6.07) is 9.78. The third-order valence-electron chi connectivity index (χ3n) is 5.61. The average molecular weight is 393 g/mol. The van der Waals surface area contributed by atoms with Crippen LogP contribution >= 0.6 is 0 Å². The fraction of sp³-hybridized carbons (Fsp3) is 0.400. The predicted octanol–water partition coefficient (Wildman–Crippen LogP) is 1.66. The van der Waals surface area contributed by atoms with Crippen LogP contribution < -0.4 is 10.2 Å². The molecule has 9 heteroatoms. The fourth-order valence-corrected chi connectivity index (χ4v) is 4.07. The van der Waals surface area contributed by atoms with E-state index in [0.717, 1.165) is 57.2 Å². The Morgan fingerprint density at radius 3 is 2.79 bits per heavy atom. The highest BCUT2D eigenvalue weighted by Crippen LogP contribution is 2.22. The summed E-state index contributed by atoms with van der Waals surface area (Å²) >= 11 is 0. The summed E-state index contributed by atoms with van der Waals surface area (Å²) < 4.78 is 7.04. The zero-order valence-corrected chi connectivity index (χ0v) is 16.1. The second kappa shape index (κ2) is 7.67. The van der Waals surface area contributed by atoms with Crippen LogP contribution in [0.15, 0.2) is 47.2 Å². The van der Waals surface area contributed by atoms with E-state index in [2.05, 4.69) is 36.2 Å². The molecule has 0 spiro atoms. The average Bonchev–Trinajstić information content (AvgIpc) is 3.44. The van der Waals surface area contributed by atoms with Gasteiger partial charge in [-0.15, -0.1) is 5.10 Å². The molecule has 1 saturated heterocycles. The SMILES string of the molecule is O=C(Nc1nc2n(n1)CC(N1CCN(c3ccccn3)CC1)CC2)c1ccco1. The maximum atomic E-state index is 12.1. The Morgan fingerprint density at radius 1 is 1.14 bits per heavy atom. The van der Waals surface area contributed by atoms with Gasteiger partial charge in [-0.1, -0.05) is 6.07 Å². The van der Waals surface area contributed by atoms with Crippen LogP contribution in [0.5, 0.6) is 0 Å². The van der Waals surface area contributed by atoms with Crippen molar-refractivity contribution in [2.75, 3.05) is 36.4 Å². The molecule has 3 aromatic heterocycles. The van der Waals surface area contributed by atoms with Crippen LogP contribution in [0.4, 0.5) is 11.8 Å². The van der Waals surface area contributed by atoms with E-state index >= 15 is 0 Å². The Morgan fingerprint density at radius 2 is 2.03 bits per heavy atom. The number of hydrogen-bond acceptors (Lipinski definition) is 7. The number of nitrogens with zero attached hydrogens (tertiary/aromatic N) is 6. The molecular formula is C20H23N7O2. The summed E-state index contributed by atoms with van der Waals surface area (Å²) in [6.07, 6.45) is 5.22. The first-order valence-electron chi connectivity index (χ1n) is 9.95. The zero-order chi connectivity index (χ0) is 19.6. The summed E-state index contributed by atoms with van der Waals surface area (Å²) in [4.78, 5) is 25.9. The van der Waals surface area contributed by atoms with Gasteiger partial charge < -0.3 is 9.32 Å². The van der Waals surface area contributed by atoms with Crippen LogP contribution in [-0.4, -0.2) is 62.8 Å². The second-order valence-corrected chi connectivity index (χ2v) is 7.37. The lowest BCUT2D eigenvalue weighted by Crippen LogP contribution is -2.52. The number of amides is 1. The van der Waals surface area contributed by atoms with E-state index in [-0.39, 0.29) is 11.7 Å². The maximum absolute atomic E-state index is 12.1.